The Morgan fingerprint density at radius 3 is 2.56 bits per heavy atom. The number of rotatable bonds is 5. The van der Waals surface area contributed by atoms with E-state index in [1.807, 2.05) is 35.2 Å². The maximum Gasteiger partial charge on any atom is 0.222 e. The fraction of sp³-hybridized carbons (Fsp3) is 0.444. The smallest absolute Gasteiger partial charge is 0.222 e. The molecular weight excluding hydrogens is 361 g/mol. The average molecular weight is 386 g/mol. The fourth-order valence-electron chi connectivity index (χ4n) is 2.86. The summed E-state index contributed by atoms with van der Waals surface area (Å²) < 4.78 is 5.76. The number of benzene rings is 1. The SMILES string of the molecule is Cl.Cl.NC1CCN(C(=O)CCCc2ncc(-c3ccccc3)o2)CC1. The highest BCUT2D eigenvalue weighted by Gasteiger charge is 2.20. The van der Waals surface area contributed by atoms with Crippen LogP contribution in [0.5, 0.6) is 0 Å². The van der Waals surface area contributed by atoms with E-state index in [1.165, 1.54) is 0 Å². The van der Waals surface area contributed by atoms with Gasteiger partial charge in [0.25, 0.3) is 0 Å². The van der Waals surface area contributed by atoms with Crippen molar-refractivity contribution < 1.29 is 9.21 Å². The molecule has 2 heterocycles. The molecule has 1 amide bonds. The molecule has 1 fully saturated rings. The molecule has 1 aliphatic rings. The molecule has 0 unspecified atom stereocenters. The minimum Gasteiger partial charge on any atom is -0.441 e. The number of halogens is 2. The number of nitrogens with zero attached hydrogens (tertiary/aromatic N) is 2. The van der Waals surface area contributed by atoms with Crippen LogP contribution < -0.4 is 5.73 Å². The standard InChI is InChI=1S/C18H23N3O2.2ClH/c19-15-9-11-21(12-10-15)18(22)8-4-7-17-20-13-16(23-17)14-5-2-1-3-6-14;;/h1-3,5-6,13,15H,4,7-12,19H2;2*1H. The summed E-state index contributed by atoms with van der Waals surface area (Å²) in [5, 5.41) is 0. The lowest BCUT2D eigenvalue weighted by molar-refractivity contribution is -0.132. The van der Waals surface area contributed by atoms with Crippen LogP contribution in [0.3, 0.4) is 0 Å². The summed E-state index contributed by atoms with van der Waals surface area (Å²) in [7, 11) is 0. The Kier molecular flexibility index (Phi) is 8.97. The van der Waals surface area contributed by atoms with Crippen molar-refractivity contribution in [1.82, 2.24) is 9.88 Å². The van der Waals surface area contributed by atoms with Crippen molar-refractivity contribution in [1.29, 1.82) is 0 Å². The predicted molar refractivity (Wildman–Crippen MR) is 103 cm³/mol. The summed E-state index contributed by atoms with van der Waals surface area (Å²) >= 11 is 0. The van der Waals surface area contributed by atoms with Crippen molar-refractivity contribution in [2.24, 2.45) is 5.73 Å². The summed E-state index contributed by atoms with van der Waals surface area (Å²) in [5.41, 5.74) is 6.89. The van der Waals surface area contributed by atoms with Crippen LogP contribution in [0.1, 0.15) is 31.6 Å². The number of likely N-dealkylation sites (tertiary alicyclic amines) is 1. The summed E-state index contributed by atoms with van der Waals surface area (Å²) in [6.45, 7) is 1.58. The summed E-state index contributed by atoms with van der Waals surface area (Å²) in [5.74, 6) is 1.68. The molecule has 2 aromatic rings. The molecule has 0 bridgehead atoms. The number of carbonyl (C=O) groups excluding carboxylic acids is 1. The molecule has 0 saturated carbocycles. The maximum atomic E-state index is 12.2. The van der Waals surface area contributed by atoms with Crippen LogP contribution in [-0.4, -0.2) is 34.9 Å². The molecule has 1 saturated heterocycles. The summed E-state index contributed by atoms with van der Waals surface area (Å²) in [4.78, 5) is 18.4. The van der Waals surface area contributed by atoms with Gasteiger partial charge in [0.1, 0.15) is 0 Å². The largest absolute Gasteiger partial charge is 0.441 e. The van der Waals surface area contributed by atoms with Gasteiger partial charge >= 0.3 is 0 Å². The van der Waals surface area contributed by atoms with Crippen molar-refractivity contribution in [3.8, 4) is 11.3 Å². The van der Waals surface area contributed by atoms with Crippen LogP contribution in [-0.2, 0) is 11.2 Å². The van der Waals surface area contributed by atoms with E-state index >= 15 is 0 Å². The number of piperidine rings is 1. The second-order valence-corrected chi connectivity index (χ2v) is 6.06. The quantitative estimate of drug-likeness (QED) is 0.854. The predicted octanol–water partition coefficient (Wildman–Crippen LogP) is 3.46. The fourth-order valence-corrected chi connectivity index (χ4v) is 2.86. The monoisotopic (exact) mass is 385 g/mol. The van der Waals surface area contributed by atoms with Gasteiger partial charge in [0.05, 0.1) is 6.20 Å². The molecule has 1 aliphatic heterocycles. The number of carbonyl (C=O) groups is 1. The number of nitrogens with two attached hydrogens (primary N) is 1. The molecule has 5 nitrogen and oxygen atoms in total. The second kappa shape index (κ2) is 10.4. The molecule has 0 atom stereocenters. The number of oxazole rings is 1. The normalized spacial score (nSPS) is 14.5. The van der Waals surface area contributed by atoms with Gasteiger partial charge in [-0.2, -0.15) is 0 Å². The average Bonchev–Trinajstić information content (AvgIpc) is 3.05. The molecule has 0 radical (unpaired) electrons. The van der Waals surface area contributed by atoms with E-state index < -0.39 is 0 Å². The lowest BCUT2D eigenvalue weighted by atomic mass is 10.1. The van der Waals surface area contributed by atoms with Gasteiger partial charge in [0.2, 0.25) is 5.91 Å². The van der Waals surface area contributed by atoms with Crippen molar-refractivity contribution in [3.63, 3.8) is 0 Å². The van der Waals surface area contributed by atoms with E-state index in [2.05, 4.69) is 4.98 Å². The Hall–Kier alpha value is -1.56. The molecule has 7 heteroatoms. The van der Waals surface area contributed by atoms with E-state index in [0.717, 1.165) is 43.7 Å². The third-order valence-corrected chi connectivity index (χ3v) is 4.29. The van der Waals surface area contributed by atoms with Crippen molar-refractivity contribution in [3.05, 3.63) is 42.4 Å². The van der Waals surface area contributed by atoms with Gasteiger partial charge < -0.3 is 15.1 Å². The Bertz CT molecular complexity index is 641. The summed E-state index contributed by atoms with van der Waals surface area (Å²) in [6.07, 6.45) is 5.55. The first-order chi connectivity index (χ1) is 11.2. The Morgan fingerprint density at radius 2 is 1.88 bits per heavy atom. The Labute approximate surface area is 160 Å². The van der Waals surface area contributed by atoms with Gasteiger partial charge in [-0.3, -0.25) is 4.79 Å². The van der Waals surface area contributed by atoms with Gasteiger partial charge in [-0.25, -0.2) is 4.98 Å². The van der Waals surface area contributed by atoms with E-state index in [1.54, 1.807) is 6.20 Å². The van der Waals surface area contributed by atoms with E-state index in [-0.39, 0.29) is 36.8 Å². The minimum absolute atomic E-state index is 0. The molecule has 138 valence electrons. The van der Waals surface area contributed by atoms with Crippen LogP contribution in [0, 0.1) is 0 Å². The lowest BCUT2D eigenvalue weighted by Gasteiger charge is -2.30. The van der Waals surface area contributed by atoms with Gasteiger partial charge in [-0.15, -0.1) is 24.8 Å². The van der Waals surface area contributed by atoms with Crippen LogP contribution in [0.15, 0.2) is 40.9 Å². The Balaban J connectivity index is 0.00000156. The molecular formula is C18H25Cl2N3O2. The number of hydrogen-bond donors (Lipinski definition) is 1. The molecule has 0 aliphatic carbocycles. The molecule has 3 rings (SSSR count). The first-order valence-electron chi connectivity index (χ1n) is 8.26. The van der Waals surface area contributed by atoms with Gasteiger partial charge in [0.15, 0.2) is 11.7 Å². The third kappa shape index (κ3) is 6.03. The summed E-state index contributed by atoms with van der Waals surface area (Å²) in [6, 6.07) is 10.2. The highest BCUT2D eigenvalue weighted by Crippen LogP contribution is 2.20. The molecule has 2 N–H and O–H groups in total. The van der Waals surface area contributed by atoms with Crippen molar-refractivity contribution >= 4 is 30.7 Å². The minimum atomic E-state index is 0. The highest BCUT2D eigenvalue weighted by molar-refractivity contribution is 5.85. The topological polar surface area (TPSA) is 72.4 Å². The van der Waals surface area contributed by atoms with Crippen LogP contribution in [0.4, 0.5) is 0 Å². The first-order valence-corrected chi connectivity index (χ1v) is 8.26. The molecule has 0 spiro atoms. The van der Waals surface area contributed by atoms with Crippen LogP contribution in [0.2, 0.25) is 0 Å². The molecule has 1 aromatic carbocycles. The third-order valence-electron chi connectivity index (χ3n) is 4.29. The van der Waals surface area contributed by atoms with Gasteiger partial charge in [-0.05, 0) is 19.3 Å². The zero-order valence-electron chi connectivity index (χ0n) is 14.1. The second-order valence-electron chi connectivity index (χ2n) is 6.06. The Morgan fingerprint density at radius 1 is 1.20 bits per heavy atom. The number of amides is 1. The number of aromatic nitrogens is 1. The zero-order chi connectivity index (χ0) is 16.1. The van der Waals surface area contributed by atoms with Crippen LogP contribution in [0.25, 0.3) is 11.3 Å². The van der Waals surface area contributed by atoms with E-state index in [4.69, 9.17) is 10.2 Å². The van der Waals surface area contributed by atoms with Crippen molar-refractivity contribution in [2.45, 2.75) is 38.1 Å². The first kappa shape index (κ1) is 21.5. The zero-order valence-corrected chi connectivity index (χ0v) is 15.7. The molecule has 1 aromatic heterocycles. The van der Waals surface area contributed by atoms with E-state index in [9.17, 15) is 4.79 Å². The van der Waals surface area contributed by atoms with E-state index in [0.29, 0.717) is 18.7 Å². The highest BCUT2D eigenvalue weighted by atomic mass is 35.5. The lowest BCUT2D eigenvalue weighted by Crippen LogP contribution is -2.42. The van der Waals surface area contributed by atoms with Gasteiger partial charge in [0, 0.05) is 37.5 Å². The maximum absolute atomic E-state index is 12.2. The van der Waals surface area contributed by atoms with Crippen LogP contribution >= 0.6 is 24.8 Å². The van der Waals surface area contributed by atoms with Crippen molar-refractivity contribution in [2.75, 3.05) is 13.1 Å². The molecule has 25 heavy (non-hydrogen) atoms. The number of aryl methyl sites for hydroxylation is 1. The number of hydrogen-bond acceptors (Lipinski definition) is 4. The van der Waals surface area contributed by atoms with Gasteiger partial charge in [-0.1, -0.05) is 30.3 Å².